The molecule has 1 aliphatic heterocycles. The van der Waals surface area contributed by atoms with Gasteiger partial charge in [-0.25, -0.2) is 4.79 Å². The number of carbonyl (C=O) groups is 1. The highest BCUT2D eigenvalue weighted by Gasteiger charge is 2.43. The van der Waals surface area contributed by atoms with Gasteiger partial charge < -0.3 is 10.4 Å². The van der Waals surface area contributed by atoms with Crippen LogP contribution in [0.5, 0.6) is 0 Å². The first-order valence-corrected chi connectivity index (χ1v) is 10.3. The number of hydrogen-bond donors (Lipinski definition) is 2. The number of aromatic carboxylic acids is 1. The highest BCUT2D eigenvalue weighted by Crippen LogP contribution is 2.53. The van der Waals surface area contributed by atoms with E-state index in [1.54, 1.807) is 6.07 Å². The number of rotatable bonds is 3. The number of nitrogens with one attached hydrogen (secondary N) is 1. The largest absolute Gasteiger partial charge is 0.478 e. The van der Waals surface area contributed by atoms with Gasteiger partial charge in [-0.2, -0.15) is 0 Å². The van der Waals surface area contributed by atoms with Gasteiger partial charge in [-0.15, -0.1) is 0 Å². The van der Waals surface area contributed by atoms with E-state index in [9.17, 15) is 9.90 Å². The minimum atomic E-state index is -0.873. The maximum atomic E-state index is 11.6. The lowest BCUT2D eigenvalue weighted by Gasteiger charge is -2.38. The van der Waals surface area contributed by atoms with Crippen molar-refractivity contribution in [3.63, 3.8) is 0 Å². The van der Waals surface area contributed by atoms with Crippen LogP contribution in [0.4, 0.5) is 5.69 Å². The average molecular weight is 383 g/mol. The molecule has 0 saturated carbocycles. The van der Waals surface area contributed by atoms with Gasteiger partial charge in [-0.3, -0.25) is 0 Å². The summed E-state index contributed by atoms with van der Waals surface area (Å²) in [5.74, 6) is 0.231. The van der Waals surface area contributed by atoms with Gasteiger partial charge in [0.2, 0.25) is 0 Å². The Labute approximate surface area is 171 Å². The predicted molar refractivity (Wildman–Crippen MR) is 116 cm³/mol. The standard InChI is InChI=1S/C26H25NO2/c1-15(2)16-7-9-17(10-8-16)25-22-13-18-5-3-4-6-20(18)24(22)21-14-19(26(28)29)11-12-23(21)27-25/h3-12,14-15,22,24-25,27H,13H2,1-2H3,(H,28,29)/t22-,24+,25-/m0/s1. The van der Waals surface area contributed by atoms with Crippen molar-refractivity contribution in [1.29, 1.82) is 0 Å². The summed E-state index contributed by atoms with van der Waals surface area (Å²) in [5, 5.41) is 13.2. The summed E-state index contributed by atoms with van der Waals surface area (Å²) in [5.41, 5.74) is 7.87. The Bertz CT molecular complexity index is 1080. The molecule has 2 N–H and O–H groups in total. The van der Waals surface area contributed by atoms with E-state index >= 15 is 0 Å². The van der Waals surface area contributed by atoms with Crippen LogP contribution in [0.25, 0.3) is 0 Å². The third kappa shape index (κ3) is 2.93. The fourth-order valence-corrected chi connectivity index (χ4v) is 5.11. The van der Waals surface area contributed by atoms with E-state index in [2.05, 4.69) is 67.7 Å². The second-order valence-electron chi connectivity index (χ2n) is 8.60. The molecule has 0 saturated heterocycles. The van der Waals surface area contributed by atoms with Crippen molar-refractivity contribution in [2.24, 2.45) is 5.92 Å². The van der Waals surface area contributed by atoms with Crippen molar-refractivity contribution in [1.82, 2.24) is 0 Å². The third-order valence-electron chi connectivity index (χ3n) is 6.61. The molecule has 2 aliphatic rings. The summed E-state index contributed by atoms with van der Waals surface area (Å²) in [4.78, 5) is 11.6. The Morgan fingerprint density at radius 1 is 1.00 bits per heavy atom. The molecule has 0 bridgehead atoms. The highest BCUT2D eigenvalue weighted by atomic mass is 16.4. The van der Waals surface area contributed by atoms with Crippen LogP contribution in [0.1, 0.15) is 69.9 Å². The van der Waals surface area contributed by atoms with Crippen molar-refractivity contribution in [2.75, 3.05) is 5.32 Å². The van der Waals surface area contributed by atoms with Crippen LogP contribution in [0.15, 0.2) is 66.7 Å². The summed E-state index contributed by atoms with van der Waals surface area (Å²) in [7, 11) is 0. The zero-order chi connectivity index (χ0) is 20.1. The first-order valence-electron chi connectivity index (χ1n) is 10.3. The Balaban J connectivity index is 1.63. The molecule has 3 atom stereocenters. The number of anilines is 1. The van der Waals surface area contributed by atoms with Gasteiger partial charge >= 0.3 is 5.97 Å². The Hall–Kier alpha value is -3.07. The van der Waals surface area contributed by atoms with Gasteiger partial charge in [0.15, 0.2) is 0 Å². The maximum Gasteiger partial charge on any atom is 0.335 e. The van der Waals surface area contributed by atoms with E-state index in [4.69, 9.17) is 0 Å². The molecule has 0 radical (unpaired) electrons. The molecule has 1 heterocycles. The van der Waals surface area contributed by atoms with Gasteiger partial charge in [-0.1, -0.05) is 62.4 Å². The molecule has 0 fully saturated rings. The molecule has 0 unspecified atom stereocenters. The molecule has 146 valence electrons. The van der Waals surface area contributed by atoms with Crippen LogP contribution in [0, 0.1) is 5.92 Å². The summed E-state index contributed by atoms with van der Waals surface area (Å²) in [6, 6.07) is 23.3. The molecule has 0 aromatic heterocycles. The SMILES string of the molecule is CC(C)c1ccc([C@@H]2Nc3ccc(C(=O)O)cc3[C@H]3c4ccccc4C[C@@H]32)cc1. The molecule has 3 aromatic rings. The second kappa shape index (κ2) is 6.77. The van der Waals surface area contributed by atoms with Crippen molar-refractivity contribution >= 4 is 11.7 Å². The van der Waals surface area contributed by atoms with Crippen LogP contribution in [0.2, 0.25) is 0 Å². The Morgan fingerprint density at radius 2 is 1.76 bits per heavy atom. The van der Waals surface area contributed by atoms with Crippen LogP contribution in [-0.2, 0) is 6.42 Å². The van der Waals surface area contributed by atoms with Crippen molar-refractivity contribution in [3.8, 4) is 0 Å². The van der Waals surface area contributed by atoms with Gasteiger partial charge in [0.1, 0.15) is 0 Å². The predicted octanol–water partition coefficient (Wildman–Crippen LogP) is 5.98. The molecular weight excluding hydrogens is 358 g/mol. The molecule has 0 amide bonds. The number of fused-ring (bicyclic) bond motifs is 5. The zero-order valence-corrected chi connectivity index (χ0v) is 16.7. The van der Waals surface area contributed by atoms with Gasteiger partial charge in [0.25, 0.3) is 0 Å². The molecule has 1 aliphatic carbocycles. The lowest BCUT2D eigenvalue weighted by Crippen LogP contribution is -2.30. The fraction of sp³-hybridized carbons (Fsp3) is 0.269. The lowest BCUT2D eigenvalue weighted by atomic mass is 9.75. The normalized spacial score (nSPS) is 21.8. The minimum Gasteiger partial charge on any atom is -0.478 e. The smallest absolute Gasteiger partial charge is 0.335 e. The zero-order valence-electron chi connectivity index (χ0n) is 16.7. The quantitative estimate of drug-likeness (QED) is 0.585. The Morgan fingerprint density at radius 3 is 2.48 bits per heavy atom. The summed E-state index contributed by atoms with van der Waals surface area (Å²) in [6.45, 7) is 4.43. The van der Waals surface area contributed by atoms with Gasteiger partial charge in [0, 0.05) is 11.6 Å². The third-order valence-corrected chi connectivity index (χ3v) is 6.61. The highest BCUT2D eigenvalue weighted by molar-refractivity contribution is 5.89. The summed E-state index contributed by atoms with van der Waals surface area (Å²) >= 11 is 0. The summed E-state index contributed by atoms with van der Waals surface area (Å²) < 4.78 is 0. The van der Waals surface area contributed by atoms with E-state index < -0.39 is 5.97 Å². The van der Waals surface area contributed by atoms with E-state index in [0.717, 1.165) is 17.7 Å². The minimum absolute atomic E-state index is 0.205. The fourth-order valence-electron chi connectivity index (χ4n) is 5.11. The van der Waals surface area contributed by atoms with E-state index in [-0.39, 0.29) is 12.0 Å². The van der Waals surface area contributed by atoms with Gasteiger partial charge in [-0.05, 0) is 64.3 Å². The van der Waals surface area contributed by atoms with E-state index in [1.165, 1.54) is 22.3 Å². The van der Waals surface area contributed by atoms with Crippen LogP contribution >= 0.6 is 0 Å². The van der Waals surface area contributed by atoms with Gasteiger partial charge in [0.05, 0.1) is 11.6 Å². The molecule has 3 nitrogen and oxygen atoms in total. The van der Waals surface area contributed by atoms with Crippen LogP contribution < -0.4 is 5.32 Å². The lowest BCUT2D eigenvalue weighted by molar-refractivity contribution is 0.0696. The molecule has 3 aromatic carbocycles. The summed E-state index contributed by atoms with van der Waals surface area (Å²) in [6.07, 6.45) is 1.00. The first-order chi connectivity index (χ1) is 14.0. The maximum absolute atomic E-state index is 11.6. The number of carboxylic acids is 1. The van der Waals surface area contributed by atoms with Crippen molar-refractivity contribution in [2.45, 2.75) is 38.1 Å². The second-order valence-corrected chi connectivity index (χ2v) is 8.60. The molecule has 5 rings (SSSR count). The molecular formula is C26H25NO2. The van der Waals surface area contributed by atoms with Crippen LogP contribution in [-0.4, -0.2) is 11.1 Å². The van der Waals surface area contributed by atoms with Crippen molar-refractivity contribution < 1.29 is 9.90 Å². The van der Waals surface area contributed by atoms with Crippen LogP contribution in [0.3, 0.4) is 0 Å². The average Bonchev–Trinajstić information content (AvgIpc) is 3.12. The van der Waals surface area contributed by atoms with E-state index in [1.807, 2.05) is 12.1 Å². The molecule has 3 heteroatoms. The Kier molecular flexibility index (Phi) is 4.20. The van der Waals surface area contributed by atoms with E-state index in [0.29, 0.717) is 17.4 Å². The van der Waals surface area contributed by atoms with Crippen molar-refractivity contribution in [3.05, 3.63) is 100 Å². The first kappa shape index (κ1) is 18.0. The molecule has 0 spiro atoms. The topological polar surface area (TPSA) is 49.3 Å². The molecule has 29 heavy (non-hydrogen) atoms. The number of benzene rings is 3. The number of carboxylic acid groups (broad SMARTS) is 1. The number of hydrogen-bond acceptors (Lipinski definition) is 2. The monoisotopic (exact) mass is 383 g/mol.